The fourth-order valence-electron chi connectivity index (χ4n) is 2.41. The summed E-state index contributed by atoms with van der Waals surface area (Å²) in [5, 5.41) is 14.7. The number of aliphatic imine (C=N–C) groups is 1. The number of ether oxygens (including phenoxy) is 1. The van der Waals surface area contributed by atoms with E-state index >= 15 is 0 Å². The summed E-state index contributed by atoms with van der Waals surface area (Å²) in [5.74, 6) is -1.01. The van der Waals surface area contributed by atoms with Crippen molar-refractivity contribution >= 4 is 62.9 Å². The minimum atomic E-state index is -1.04. The van der Waals surface area contributed by atoms with Crippen LogP contribution in [-0.4, -0.2) is 40.2 Å². The summed E-state index contributed by atoms with van der Waals surface area (Å²) in [6, 6.07) is 5.48. The number of amides is 2. The summed E-state index contributed by atoms with van der Waals surface area (Å²) in [5.41, 5.74) is 1.64. The van der Waals surface area contributed by atoms with Gasteiger partial charge in [0.2, 0.25) is 5.91 Å². The molecule has 2 amide bonds. The number of aryl methyl sites for hydroxylation is 1. The lowest BCUT2D eigenvalue weighted by molar-refractivity contribution is -0.138. The maximum atomic E-state index is 12.3. The number of hydrogen-bond donors (Lipinski definition) is 3. The summed E-state index contributed by atoms with van der Waals surface area (Å²) in [6.07, 6.45) is 2.81. The maximum Gasteiger partial charge on any atom is 0.303 e. The molecule has 0 unspecified atom stereocenters. The average Bonchev–Trinajstić information content (AvgIpc) is 3.28. The van der Waals surface area contributed by atoms with Crippen LogP contribution in [0.1, 0.15) is 23.3 Å². The molecule has 1 aromatic carbocycles. The first-order valence-electron chi connectivity index (χ1n) is 8.76. The highest BCUT2D eigenvalue weighted by Crippen LogP contribution is 2.31. The zero-order valence-corrected chi connectivity index (χ0v) is 17.7. The van der Waals surface area contributed by atoms with Crippen molar-refractivity contribution in [1.82, 2.24) is 10.3 Å². The molecular formula is C19H18N4O5S2. The van der Waals surface area contributed by atoms with Crippen LogP contribution in [0.4, 0.5) is 10.8 Å². The molecule has 1 aliphatic rings. The Balaban J connectivity index is 1.67. The van der Waals surface area contributed by atoms with Gasteiger partial charge in [0, 0.05) is 12.6 Å². The molecule has 0 aliphatic carbocycles. The number of rotatable bonds is 7. The van der Waals surface area contributed by atoms with Gasteiger partial charge < -0.3 is 20.5 Å². The van der Waals surface area contributed by atoms with E-state index in [0.29, 0.717) is 20.1 Å². The van der Waals surface area contributed by atoms with Crippen LogP contribution in [0.15, 0.2) is 34.3 Å². The Morgan fingerprint density at radius 3 is 2.87 bits per heavy atom. The van der Waals surface area contributed by atoms with E-state index in [1.807, 2.05) is 19.1 Å². The van der Waals surface area contributed by atoms with E-state index in [-0.39, 0.29) is 18.7 Å². The first kappa shape index (κ1) is 21.5. The predicted molar refractivity (Wildman–Crippen MR) is 116 cm³/mol. The number of carbonyl (C=O) groups is 3. The second kappa shape index (κ2) is 9.55. The molecule has 1 fully saturated rings. The highest BCUT2D eigenvalue weighted by Gasteiger charge is 2.24. The number of hydrogen-bond acceptors (Lipinski definition) is 8. The minimum absolute atomic E-state index is 0.131. The number of anilines is 1. The topological polar surface area (TPSA) is 130 Å². The zero-order valence-electron chi connectivity index (χ0n) is 16.1. The van der Waals surface area contributed by atoms with Crippen LogP contribution >= 0.6 is 23.1 Å². The number of methoxy groups -OCH3 is 1. The second-order valence-electron chi connectivity index (χ2n) is 6.14. The van der Waals surface area contributed by atoms with Crippen molar-refractivity contribution in [2.45, 2.75) is 19.8 Å². The zero-order chi connectivity index (χ0) is 21.7. The van der Waals surface area contributed by atoms with Gasteiger partial charge in [0.05, 0.1) is 29.0 Å². The number of nitrogens with one attached hydrogen (secondary N) is 2. The predicted octanol–water partition coefficient (Wildman–Crippen LogP) is 3.16. The van der Waals surface area contributed by atoms with Gasteiger partial charge in [-0.2, -0.15) is 0 Å². The fourth-order valence-corrected chi connectivity index (χ4v) is 4.09. The monoisotopic (exact) mass is 446 g/mol. The number of amidine groups is 1. The van der Waals surface area contributed by atoms with Crippen molar-refractivity contribution in [3.8, 4) is 5.75 Å². The first-order chi connectivity index (χ1) is 14.3. The summed E-state index contributed by atoms with van der Waals surface area (Å²) in [7, 11) is 1.59. The Bertz CT molecular complexity index is 1060. The molecule has 0 atom stereocenters. The number of aliphatic carboxylic acids is 1. The molecule has 0 bridgehead atoms. The quantitative estimate of drug-likeness (QED) is 0.557. The highest BCUT2D eigenvalue weighted by atomic mass is 32.2. The molecule has 11 heteroatoms. The molecule has 156 valence electrons. The number of aromatic nitrogens is 1. The largest absolute Gasteiger partial charge is 0.497 e. The van der Waals surface area contributed by atoms with Crippen LogP contribution in [0, 0.1) is 6.92 Å². The Hall–Kier alpha value is -3.18. The van der Waals surface area contributed by atoms with Crippen LogP contribution in [-0.2, 0) is 14.4 Å². The lowest BCUT2D eigenvalue weighted by atomic mass is 10.2. The van der Waals surface area contributed by atoms with E-state index in [9.17, 15) is 14.4 Å². The molecule has 3 rings (SSSR count). The first-order valence-corrected chi connectivity index (χ1v) is 10.4. The van der Waals surface area contributed by atoms with Crippen molar-refractivity contribution in [3.05, 3.63) is 39.7 Å². The molecule has 1 aromatic heterocycles. The van der Waals surface area contributed by atoms with Crippen molar-refractivity contribution in [1.29, 1.82) is 0 Å². The molecule has 9 nitrogen and oxygen atoms in total. The lowest BCUT2D eigenvalue weighted by Crippen LogP contribution is -2.19. The van der Waals surface area contributed by atoms with Gasteiger partial charge in [0.1, 0.15) is 5.75 Å². The van der Waals surface area contributed by atoms with Gasteiger partial charge >= 0.3 is 5.97 Å². The van der Waals surface area contributed by atoms with Gasteiger partial charge in [-0.05, 0) is 48.5 Å². The molecule has 0 radical (unpaired) electrons. The fraction of sp³-hybridized carbons (Fsp3) is 0.211. The summed E-state index contributed by atoms with van der Waals surface area (Å²) in [4.78, 5) is 44.2. The van der Waals surface area contributed by atoms with Crippen molar-refractivity contribution in [2.24, 2.45) is 4.99 Å². The van der Waals surface area contributed by atoms with Gasteiger partial charge in [-0.25, -0.2) is 9.98 Å². The number of thiazole rings is 1. The van der Waals surface area contributed by atoms with Gasteiger partial charge in [-0.15, -0.1) is 0 Å². The van der Waals surface area contributed by atoms with Crippen LogP contribution in [0.25, 0.3) is 6.08 Å². The van der Waals surface area contributed by atoms with Gasteiger partial charge in [-0.1, -0.05) is 11.3 Å². The van der Waals surface area contributed by atoms with Crippen LogP contribution < -0.4 is 15.4 Å². The van der Waals surface area contributed by atoms with Crippen LogP contribution in [0.3, 0.4) is 0 Å². The van der Waals surface area contributed by atoms with E-state index in [2.05, 4.69) is 20.6 Å². The van der Waals surface area contributed by atoms with E-state index in [1.54, 1.807) is 19.3 Å². The van der Waals surface area contributed by atoms with E-state index in [1.165, 1.54) is 29.3 Å². The summed E-state index contributed by atoms with van der Waals surface area (Å²) >= 11 is 2.39. The SMILES string of the molecule is COc1ccc(N=C2NC(=O)/C(=C/c3cnc(NC(=O)CCC(=O)O)s3)S2)c(C)c1. The third-order valence-corrected chi connectivity index (χ3v) is 5.66. The third-order valence-electron chi connectivity index (χ3n) is 3.89. The molecule has 1 saturated heterocycles. The molecule has 0 saturated carbocycles. The Labute approximate surface area is 180 Å². The third kappa shape index (κ3) is 5.67. The van der Waals surface area contributed by atoms with Gasteiger partial charge in [0.25, 0.3) is 5.91 Å². The average molecular weight is 447 g/mol. The Kier molecular flexibility index (Phi) is 6.85. The van der Waals surface area contributed by atoms with E-state index in [4.69, 9.17) is 9.84 Å². The number of carboxylic acids is 1. The van der Waals surface area contributed by atoms with Crippen molar-refractivity contribution in [3.63, 3.8) is 0 Å². The summed E-state index contributed by atoms with van der Waals surface area (Å²) in [6.45, 7) is 1.91. The number of benzene rings is 1. The number of nitrogens with zero attached hydrogens (tertiary/aromatic N) is 2. The van der Waals surface area contributed by atoms with Crippen LogP contribution in [0.2, 0.25) is 0 Å². The van der Waals surface area contributed by atoms with Crippen LogP contribution in [0.5, 0.6) is 5.75 Å². The van der Waals surface area contributed by atoms with Gasteiger partial charge in [0.15, 0.2) is 10.3 Å². The van der Waals surface area contributed by atoms with E-state index in [0.717, 1.165) is 17.0 Å². The molecule has 2 aromatic rings. The van der Waals surface area contributed by atoms with Crippen molar-refractivity contribution in [2.75, 3.05) is 12.4 Å². The lowest BCUT2D eigenvalue weighted by Gasteiger charge is -2.04. The molecule has 3 N–H and O–H groups in total. The van der Waals surface area contributed by atoms with Gasteiger partial charge in [-0.3, -0.25) is 14.4 Å². The standard InChI is InChI=1S/C19H18N4O5S2/c1-10-7-11(28-2)3-4-13(10)21-19-23-17(27)14(30-19)8-12-9-20-18(29-12)22-15(24)5-6-16(25)26/h3-4,7-9H,5-6H2,1-2H3,(H,25,26)(H,20,22,24)(H,21,23,27)/b14-8-. The van der Waals surface area contributed by atoms with E-state index < -0.39 is 11.9 Å². The Morgan fingerprint density at radius 2 is 2.17 bits per heavy atom. The normalized spacial score (nSPS) is 16.0. The number of carboxylic acid groups (broad SMARTS) is 1. The molecule has 30 heavy (non-hydrogen) atoms. The number of carbonyl (C=O) groups excluding carboxylic acids is 2. The molecular weight excluding hydrogens is 428 g/mol. The minimum Gasteiger partial charge on any atom is -0.497 e. The molecule has 0 spiro atoms. The molecule has 2 heterocycles. The van der Waals surface area contributed by atoms with Crippen molar-refractivity contribution < 1.29 is 24.2 Å². The second-order valence-corrected chi connectivity index (χ2v) is 8.24. The highest BCUT2D eigenvalue weighted by molar-refractivity contribution is 8.18. The Morgan fingerprint density at radius 1 is 1.37 bits per heavy atom. The smallest absolute Gasteiger partial charge is 0.303 e. The summed E-state index contributed by atoms with van der Waals surface area (Å²) < 4.78 is 5.18. The number of thioether (sulfide) groups is 1. The molecule has 1 aliphatic heterocycles. The maximum absolute atomic E-state index is 12.3.